The number of aromatic nitrogens is 2. The Morgan fingerprint density at radius 2 is 2.05 bits per heavy atom. The Morgan fingerprint density at radius 3 is 2.57 bits per heavy atom. The third-order valence-electron chi connectivity index (χ3n) is 4.05. The average Bonchev–Trinajstić information content (AvgIpc) is 3.04. The van der Waals surface area contributed by atoms with E-state index >= 15 is 0 Å². The molecule has 0 spiro atoms. The SMILES string of the molecule is CCC(CC)n1ccc(CC(NN)c2cc(C)oc2C)n1. The molecule has 2 heterocycles. The second-order valence-corrected chi connectivity index (χ2v) is 5.55. The molecular formula is C16H26N4O. The highest BCUT2D eigenvalue weighted by molar-refractivity contribution is 5.25. The molecule has 0 amide bonds. The van der Waals surface area contributed by atoms with Crippen molar-refractivity contribution in [2.45, 2.75) is 59.0 Å². The lowest BCUT2D eigenvalue weighted by molar-refractivity contribution is 0.422. The van der Waals surface area contributed by atoms with Gasteiger partial charge in [0.25, 0.3) is 0 Å². The fourth-order valence-electron chi connectivity index (χ4n) is 2.82. The van der Waals surface area contributed by atoms with Crippen molar-refractivity contribution in [3.05, 3.63) is 41.1 Å². The number of hydrogen-bond acceptors (Lipinski definition) is 4. The van der Waals surface area contributed by atoms with Crippen LogP contribution >= 0.6 is 0 Å². The number of furan rings is 1. The van der Waals surface area contributed by atoms with Gasteiger partial charge in [0.2, 0.25) is 0 Å². The zero-order valence-corrected chi connectivity index (χ0v) is 13.4. The highest BCUT2D eigenvalue weighted by Crippen LogP contribution is 2.24. The van der Waals surface area contributed by atoms with Crippen molar-refractivity contribution in [2.24, 2.45) is 5.84 Å². The lowest BCUT2D eigenvalue weighted by Gasteiger charge is -2.15. The fraction of sp³-hybridized carbons (Fsp3) is 0.562. The Hall–Kier alpha value is -1.59. The van der Waals surface area contributed by atoms with E-state index in [1.165, 1.54) is 0 Å². The van der Waals surface area contributed by atoms with Crippen LogP contribution in [0.25, 0.3) is 0 Å². The van der Waals surface area contributed by atoms with Crippen LogP contribution in [0.1, 0.15) is 61.6 Å². The number of nitrogens with zero attached hydrogens (tertiary/aromatic N) is 2. The van der Waals surface area contributed by atoms with Crippen LogP contribution in [-0.4, -0.2) is 9.78 Å². The van der Waals surface area contributed by atoms with Gasteiger partial charge in [0.05, 0.1) is 17.8 Å². The van der Waals surface area contributed by atoms with E-state index < -0.39 is 0 Å². The Labute approximate surface area is 126 Å². The molecule has 2 aromatic heterocycles. The number of nitrogens with two attached hydrogens (primary N) is 1. The molecule has 0 fully saturated rings. The van der Waals surface area contributed by atoms with Crippen LogP contribution in [-0.2, 0) is 6.42 Å². The number of aryl methyl sites for hydroxylation is 2. The maximum Gasteiger partial charge on any atom is 0.105 e. The molecule has 0 saturated heterocycles. The Bertz CT molecular complexity index is 569. The molecule has 5 heteroatoms. The summed E-state index contributed by atoms with van der Waals surface area (Å²) in [6, 6.07) is 4.61. The molecule has 1 atom stereocenters. The molecule has 1 unspecified atom stereocenters. The molecule has 2 aromatic rings. The molecule has 0 aliphatic carbocycles. The molecule has 0 aliphatic rings. The summed E-state index contributed by atoms with van der Waals surface area (Å²) < 4.78 is 7.66. The van der Waals surface area contributed by atoms with E-state index in [0.29, 0.717) is 6.04 Å². The third-order valence-corrected chi connectivity index (χ3v) is 4.05. The number of hydrogen-bond donors (Lipinski definition) is 2. The first-order valence-electron chi connectivity index (χ1n) is 7.66. The first-order chi connectivity index (χ1) is 10.1. The Balaban J connectivity index is 2.14. The zero-order chi connectivity index (χ0) is 15.4. The van der Waals surface area contributed by atoms with Gasteiger partial charge < -0.3 is 4.42 Å². The van der Waals surface area contributed by atoms with Gasteiger partial charge in [-0.3, -0.25) is 16.0 Å². The summed E-state index contributed by atoms with van der Waals surface area (Å²) in [5, 5.41) is 4.69. The van der Waals surface area contributed by atoms with E-state index in [-0.39, 0.29) is 6.04 Å². The molecular weight excluding hydrogens is 264 g/mol. The quantitative estimate of drug-likeness (QED) is 0.607. The van der Waals surface area contributed by atoms with Gasteiger partial charge >= 0.3 is 0 Å². The molecule has 21 heavy (non-hydrogen) atoms. The van der Waals surface area contributed by atoms with Crippen molar-refractivity contribution < 1.29 is 4.42 Å². The molecule has 0 saturated carbocycles. The minimum atomic E-state index is 0.0208. The fourth-order valence-corrected chi connectivity index (χ4v) is 2.82. The summed E-state index contributed by atoms with van der Waals surface area (Å²) in [6.45, 7) is 8.30. The van der Waals surface area contributed by atoms with Crippen molar-refractivity contribution in [2.75, 3.05) is 0 Å². The van der Waals surface area contributed by atoms with Gasteiger partial charge in [0.15, 0.2) is 0 Å². The van der Waals surface area contributed by atoms with E-state index in [1.807, 2.05) is 19.9 Å². The van der Waals surface area contributed by atoms with Crippen molar-refractivity contribution >= 4 is 0 Å². The van der Waals surface area contributed by atoms with Crippen LogP contribution < -0.4 is 11.3 Å². The largest absolute Gasteiger partial charge is 0.466 e. The van der Waals surface area contributed by atoms with Crippen molar-refractivity contribution in [1.82, 2.24) is 15.2 Å². The highest BCUT2D eigenvalue weighted by Gasteiger charge is 2.18. The first kappa shape index (κ1) is 15.8. The van der Waals surface area contributed by atoms with E-state index in [1.54, 1.807) is 0 Å². The number of hydrazine groups is 1. The average molecular weight is 290 g/mol. The molecule has 0 bridgehead atoms. The molecule has 2 rings (SSSR count). The van der Waals surface area contributed by atoms with Gasteiger partial charge in [-0.15, -0.1) is 0 Å². The monoisotopic (exact) mass is 290 g/mol. The Kier molecular flexibility index (Phi) is 5.20. The summed E-state index contributed by atoms with van der Waals surface area (Å²) in [5.41, 5.74) is 5.03. The van der Waals surface area contributed by atoms with Crippen LogP contribution in [0.15, 0.2) is 22.7 Å². The molecule has 0 radical (unpaired) electrons. The van der Waals surface area contributed by atoms with Crippen LogP contribution in [0.4, 0.5) is 0 Å². The van der Waals surface area contributed by atoms with Gasteiger partial charge in [0, 0.05) is 18.2 Å². The lowest BCUT2D eigenvalue weighted by Crippen LogP contribution is -2.30. The summed E-state index contributed by atoms with van der Waals surface area (Å²) >= 11 is 0. The number of rotatable bonds is 7. The van der Waals surface area contributed by atoms with Crippen molar-refractivity contribution in [3.8, 4) is 0 Å². The molecule has 3 N–H and O–H groups in total. The van der Waals surface area contributed by atoms with E-state index in [9.17, 15) is 0 Å². The van der Waals surface area contributed by atoms with Gasteiger partial charge in [-0.05, 0) is 38.8 Å². The predicted octanol–water partition coefficient (Wildman–Crippen LogP) is 3.20. The summed E-state index contributed by atoms with van der Waals surface area (Å²) in [4.78, 5) is 0. The standard InChI is InChI=1S/C16H26N4O/c1-5-14(6-2)20-8-7-13(19-20)10-16(18-17)15-9-11(3)21-12(15)4/h7-9,14,16,18H,5-6,10,17H2,1-4H3. The van der Waals surface area contributed by atoms with Gasteiger partial charge in [-0.2, -0.15) is 5.10 Å². The first-order valence-corrected chi connectivity index (χ1v) is 7.66. The highest BCUT2D eigenvalue weighted by atomic mass is 16.3. The zero-order valence-electron chi connectivity index (χ0n) is 13.4. The second-order valence-electron chi connectivity index (χ2n) is 5.55. The molecule has 0 aromatic carbocycles. The van der Waals surface area contributed by atoms with E-state index in [2.05, 4.69) is 36.2 Å². The summed E-state index contributed by atoms with van der Waals surface area (Å²) in [5.74, 6) is 7.54. The molecule has 116 valence electrons. The van der Waals surface area contributed by atoms with Gasteiger partial charge in [0.1, 0.15) is 11.5 Å². The maximum atomic E-state index is 5.72. The smallest absolute Gasteiger partial charge is 0.105 e. The topological polar surface area (TPSA) is 69.0 Å². The van der Waals surface area contributed by atoms with Gasteiger partial charge in [-0.25, -0.2) is 0 Å². The van der Waals surface area contributed by atoms with Crippen molar-refractivity contribution in [3.63, 3.8) is 0 Å². The van der Waals surface area contributed by atoms with Crippen molar-refractivity contribution in [1.29, 1.82) is 0 Å². The second kappa shape index (κ2) is 6.91. The molecule has 5 nitrogen and oxygen atoms in total. The van der Waals surface area contributed by atoms with Crippen LogP contribution in [0.2, 0.25) is 0 Å². The summed E-state index contributed by atoms with van der Waals surface area (Å²) in [7, 11) is 0. The van der Waals surface area contributed by atoms with Gasteiger partial charge in [-0.1, -0.05) is 13.8 Å². The normalized spacial score (nSPS) is 13.0. The minimum absolute atomic E-state index is 0.0208. The maximum absolute atomic E-state index is 5.72. The van der Waals surface area contributed by atoms with E-state index in [0.717, 1.165) is 42.0 Å². The third kappa shape index (κ3) is 3.54. The Morgan fingerprint density at radius 1 is 1.33 bits per heavy atom. The van der Waals surface area contributed by atoms with Crippen LogP contribution in [0.5, 0.6) is 0 Å². The minimum Gasteiger partial charge on any atom is -0.466 e. The molecule has 0 aliphatic heterocycles. The number of nitrogens with one attached hydrogen (secondary N) is 1. The predicted molar refractivity (Wildman–Crippen MR) is 83.8 cm³/mol. The lowest BCUT2D eigenvalue weighted by atomic mass is 10.0. The van der Waals surface area contributed by atoms with Crippen LogP contribution in [0, 0.1) is 13.8 Å². The summed E-state index contributed by atoms with van der Waals surface area (Å²) in [6.07, 6.45) is 5.00. The van der Waals surface area contributed by atoms with E-state index in [4.69, 9.17) is 15.4 Å². The van der Waals surface area contributed by atoms with Crippen LogP contribution in [0.3, 0.4) is 0 Å².